The number of hydrogen-bond donors (Lipinski definition) is 19. The van der Waals surface area contributed by atoms with E-state index in [4.69, 9.17) is 22.9 Å². The summed E-state index contributed by atoms with van der Waals surface area (Å²) in [6.45, 7) is 0.757. The number of likely N-dealkylation sites (tertiary alicyclic amines) is 1. The summed E-state index contributed by atoms with van der Waals surface area (Å²) in [7, 11) is 1.59. The summed E-state index contributed by atoms with van der Waals surface area (Å²) in [4.78, 5) is 189. The average molecular weight is 1300 g/mol. The molecule has 37 heteroatoms. The van der Waals surface area contributed by atoms with E-state index in [9.17, 15) is 87.7 Å². The molecule has 2 saturated heterocycles. The number of nitrogens with two attached hydrogens (primary N) is 4. The van der Waals surface area contributed by atoms with Gasteiger partial charge >= 0.3 is 0 Å². The van der Waals surface area contributed by atoms with Gasteiger partial charge in [0.1, 0.15) is 60.0 Å². The van der Waals surface area contributed by atoms with Crippen LogP contribution in [0, 0.1) is 0 Å². The first kappa shape index (κ1) is 72.8. The molecule has 10 atom stereocenters. The number of fused-ring (bicyclic) bond motifs is 3. The minimum Gasteiger partial charge on any atom is -0.504 e. The van der Waals surface area contributed by atoms with Gasteiger partial charge in [0.25, 0.3) is 5.91 Å². The maximum absolute atomic E-state index is 14.1. The number of amidine groups is 1. The minimum atomic E-state index is -2.09. The molecule has 5 aliphatic rings. The maximum atomic E-state index is 14.1. The van der Waals surface area contributed by atoms with Crippen LogP contribution in [0.4, 0.5) is 0 Å². The number of carbonyl (C=O) groups excluding carboxylic acids is 14. The molecule has 92 heavy (non-hydrogen) atoms. The third kappa shape index (κ3) is 20.8. The van der Waals surface area contributed by atoms with Crippen LogP contribution in [0.2, 0.25) is 0 Å². The van der Waals surface area contributed by atoms with Gasteiger partial charge in [0.15, 0.2) is 11.5 Å². The van der Waals surface area contributed by atoms with Gasteiger partial charge in [-0.2, -0.15) is 0 Å². The largest absolute Gasteiger partial charge is 0.504 e. The number of unbranched alkanes of at least 4 members (excludes halogenated alkanes) is 1. The second kappa shape index (κ2) is 34.3. The third-order valence-corrected chi connectivity index (χ3v) is 15.2. The fourth-order valence-corrected chi connectivity index (χ4v) is 10.2. The molecule has 14 amide bonds. The van der Waals surface area contributed by atoms with Crippen LogP contribution >= 0.6 is 0 Å². The first-order valence-corrected chi connectivity index (χ1v) is 29.7. The van der Waals surface area contributed by atoms with E-state index in [2.05, 4.69) is 63.5 Å². The van der Waals surface area contributed by atoms with Gasteiger partial charge in [-0.1, -0.05) is 0 Å². The number of aliphatic imine (C=N–C) groups is 1. The van der Waals surface area contributed by atoms with Crippen LogP contribution in [-0.4, -0.2) is 237 Å². The van der Waals surface area contributed by atoms with Gasteiger partial charge in [-0.3, -0.25) is 77.3 Å². The van der Waals surface area contributed by atoms with Gasteiger partial charge in [-0.15, -0.1) is 0 Å². The summed E-state index contributed by atoms with van der Waals surface area (Å²) in [6.07, 6.45) is 3.71. The van der Waals surface area contributed by atoms with Crippen molar-refractivity contribution < 1.29 is 87.7 Å². The van der Waals surface area contributed by atoms with Crippen LogP contribution in [-0.2, 0) is 67.1 Å². The van der Waals surface area contributed by atoms with Crippen LogP contribution in [0.15, 0.2) is 51.8 Å². The monoisotopic (exact) mass is 1300 g/mol. The van der Waals surface area contributed by atoms with Crippen molar-refractivity contribution in [3.63, 3.8) is 0 Å². The fraction of sp³-hybridized carbons (Fsp3) is 0.582. The number of aliphatic hydroxyl groups is 3. The molecule has 0 spiro atoms. The number of rotatable bonds is 33. The molecule has 37 nitrogen and oxygen atoms in total. The van der Waals surface area contributed by atoms with Crippen molar-refractivity contribution in [1.82, 2.24) is 73.3 Å². The van der Waals surface area contributed by atoms with Crippen molar-refractivity contribution in [2.24, 2.45) is 27.9 Å². The molecule has 4 heterocycles. The Hall–Kier alpha value is -9.91. The topological polar surface area (TPSA) is 578 Å². The number of amides is 14. The van der Waals surface area contributed by atoms with Gasteiger partial charge in [-0.25, -0.2) is 5.06 Å². The second-order valence-corrected chi connectivity index (χ2v) is 22.3. The lowest BCUT2D eigenvalue weighted by Crippen LogP contribution is -2.61. The van der Waals surface area contributed by atoms with Crippen molar-refractivity contribution in [1.29, 1.82) is 0 Å². The number of allylic oxidation sites excluding steroid dienone is 1. The average Bonchev–Trinajstić information content (AvgIpc) is 0.753. The van der Waals surface area contributed by atoms with Crippen LogP contribution in [0.3, 0.4) is 0 Å². The highest BCUT2D eigenvalue weighted by Gasteiger charge is 2.43. The van der Waals surface area contributed by atoms with Crippen LogP contribution in [0.5, 0.6) is 0 Å². The predicted molar refractivity (Wildman–Crippen MR) is 319 cm³/mol. The summed E-state index contributed by atoms with van der Waals surface area (Å²) >= 11 is 0. The SMILES string of the molecule is C[C@@H](NC(=O)[C@H](CO)NC(=O)C1CCN=C([C@@H](CCC(N)=O)NC(=O)[C@H](CC(N)=O)N(O)C(=O)CNC(=O)CNC(=O)[C@@H](CCCCN)NC(=O)[C@@H](C)NC(=O)[C@@H]2CCNC3=C(NC(=O)CCC(N)=O)C=C4C=C(O)C(O)=CC4N32)N1)C(=O)N[C@H]1CCCN(C)C1=O. The Kier molecular flexibility index (Phi) is 27.2. The lowest BCUT2D eigenvalue weighted by atomic mass is 9.90. The zero-order valence-corrected chi connectivity index (χ0v) is 51.0. The van der Waals surface area contributed by atoms with E-state index in [1.807, 2.05) is 0 Å². The number of piperidine rings is 1. The second-order valence-electron chi connectivity index (χ2n) is 22.3. The fourth-order valence-electron chi connectivity index (χ4n) is 10.2. The van der Waals surface area contributed by atoms with Crippen LogP contribution in [0.1, 0.15) is 90.9 Å². The molecule has 2 unspecified atom stereocenters. The van der Waals surface area contributed by atoms with Crippen molar-refractivity contribution in [2.75, 3.05) is 52.9 Å². The number of nitrogens with zero attached hydrogens (tertiary/aromatic N) is 4. The molecule has 1 aliphatic carbocycles. The Labute approximate surface area is 527 Å². The predicted octanol–water partition coefficient (Wildman–Crippen LogP) is -8.55. The Bertz CT molecular complexity index is 3020. The number of carbonyl (C=O) groups is 14. The number of hydroxylamine groups is 2. The van der Waals surface area contributed by atoms with E-state index in [-0.39, 0.29) is 86.5 Å². The maximum Gasteiger partial charge on any atom is 0.266 e. The third-order valence-electron chi connectivity index (χ3n) is 15.2. The number of aliphatic hydroxyl groups excluding tert-OH is 3. The molecule has 0 bridgehead atoms. The molecule has 0 radical (unpaired) electrons. The molecular formula is C55H83N19O18. The highest BCUT2D eigenvalue weighted by molar-refractivity contribution is 6.00. The smallest absolute Gasteiger partial charge is 0.266 e. The van der Waals surface area contributed by atoms with E-state index in [1.165, 1.54) is 37.0 Å². The van der Waals surface area contributed by atoms with Gasteiger partial charge < -0.3 is 107 Å². The minimum absolute atomic E-state index is 0.00229. The molecule has 0 aromatic heterocycles. The van der Waals surface area contributed by atoms with Crippen molar-refractivity contribution >= 4 is 88.5 Å². The van der Waals surface area contributed by atoms with Crippen LogP contribution < -0.4 is 81.4 Å². The summed E-state index contributed by atoms with van der Waals surface area (Å²) in [5.74, 6) is -13.0. The first-order valence-electron chi connectivity index (χ1n) is 29.7. The van der Waals surface area contributed by atoms with Gasteiger partial charge in [0.2, 0.25) is 76.8 Å². The summed E-state index contributed by atoms with van der Waals surface area (Å²) in [5.41, 5.74) is 22.2. The Morgan fingerprint density at radius 1 is 0.739 bits per heavy atom. The van der Waals surface area contributed by atoms with Gasteiger partial charge in [0, 0.05) is 45.9 Å². The van der Waals surface area contributed by atoms with E-state index in [0.717, 1.165) is 0 Å². The highest BCUT2D eigenvalue weighted by atomic mass is 16.5. The summed E-state index contributed by atoms with van der Waals surface area (Å²) < 4.78 is 0. The zero-order chi connectivity index (χ0) is 68.1. The standard InChI is InChI=1S/C55H83N19O18/c1-26(49(85)70-32-8-6-18-72(3)55(32)91)64-52(88)34(25-75)71-51(87)31-13-16-60-46(67-31)29(9-10-40(57)78)68-54(90)37(22-42(59)80)74(92)45(83)24-62-44(82)23-63-50(86)30(7-4-5-15-56)69-48(84)27(2)65-53(89)35-14-17-61-47-33(66-43(81)12-11-41(58)79)19-28-20-38(76)39(77)21-36(28)73(35)47/h19-21,26-27,29-32,34-37,61,75-77,92H,4-18,22-25,56H2,1-3H3,(H2,57,78)(H2,58,79)(H2,59,80)(H,60,67)(H,62,82)(H,63,86)(H,64,88)(H,65,89)(H,66,81)(H,68,90)(H,69,84)(H,70,85)(H,71,87)/t26-,27-,29-,30-,31?,32+,34+,35+,36?,37+/m1/s1. The van der Waals surface area contributed by atoms with Gasteiger partial charge in [-0.05, 0) is 95.6 Å². The lowest BCUT2D eigenvalue weighted by Gasteiger charge is -2.47. The molecule has 506 valence electrons. The zero-order valence-electron chi connectivity index (χ0n) is 51.0. The van der Waals surface area contributed by atoms with Crippen molar-refractivity contribution in [3.8, 4) is 0 Å². The number of likely N-dealkylation sites (N-methyl/N-ethyl adjacent to an activating group) is 1. The summed E-state index contributed by atoms with van der Waals surface area (Å²) in [6, 6.07) is -12.7. The molecule has 0 aromatic rings. The van der Waals surface area contributed by atoms with Crippen molar-refractivity contribution in [3.05, 3.63) is 46.8 Å². The lowest BCUT2D eigenvalue weighted by molar-refractivity contribution is -0.180. The number of hydrogen-bond acceptors (Lipinski definition) is 23. The molecular weight excluding hydrogens is 1210 g/mol. The van der Waals surface area contributed by atoms with E-state index in [0.29, 0.717) is 37.8 Å². The Morgan fingerprint density at radius 3 is 2.12 bits per heavy atom. The van der Waals surface area contributed by atoms with Crippen LogP contribution in [0.25, 0.3) is 0 Å². The van der Waals surface area contributed by atoms with E-state index >= 15 is 0 Å². The quantitative estimate of drug-likeness (QED) is 0.0165. The highest BCUT2D eigenvalue weighted by Crippen LogP contribution is 2.35. The molecule has 2 fully saturated rings. The molecule has 5 rings (SSSR count). The Balaban J connectivity index is 1.16. The van der Waals surface area contributed by atoms with E-state index in [1.54, 1.807) is 11.9 Å². The van der Waals surface area contributed by atoms with E-state index < -0.39 is 181 Å². The van der Waals surface area contributed by atoms with Gasteiger partial charge in [0.05, 0.1) is 43.9 Å². The molecule has 4 aliphatic heterocycles. The molecule has 0 saturated carbocycles. The summed E-state index contributed by atoms with van der Waals surface area (Å²) in [5, 5.41) is 69.8. The first-order chi connectivity index (χ1) is 43.5. The number of primary amides is 3. The normalized spacial score (nSPS) is 20.3. The molecule has 23 N–H and O–H groups in total. The molecule has 0 aromatic carbocycles. The van der Waals surface area contributed by atoms with Crippen molar-refractivity contribution in [2.45, 2.75) is 151 Å². The number of nitrogens with one attached hydrogen (secondary N) is 11. The Morgan fingerprint density at radius 2 is 1.45 bits per heavy atom.